The van der Waals surface area contributed by atoms with Gasteiger partial charge in [-0.25, -0.2) is 4.79 Å². The molecule has 0 bridgehead atoms. The number of non-ortho nitro benzene ring substituents is 1. The Hall–Kier alpha value is -2.93. The van der Waals surface area contributed by atoms with E-state index in [4.69, 9.17) is 16.3 Å². The molecule has 2 aromatic rings. The van der Waals surface area contributed by atoms with E-state index in [1.165, 1.54) is 12.1 Å². The molecule has 0 saturated carbocycles. The van der Waals surface area contributed by atoms with Crippen LogP contribution in [0.3, 0.4) is 0 Å². The van der Waals surface area contributed by atoms with Gasteiger partial charge in [0, 0.05) is 12.1 Å². The average molecular weight is 363 g/mol. The quantitative estimate of drug-likeness (QED) is 0.497. The topological polar surface area (TPSA) is 98.5 Å². The number of nitrogens with zero attached hydrogens (tertiary/aromatic N) is 1. The standard InChI is InChI=1S/C17H15ClN2O5/c1-10-4-3-5-13(11(10)2)17(22)25-9-16(21)19-15-8-12(20(23)24)6-7-14(15)18/h3-8H,9H2,1-2H3,(H,19,21). The van der Waals surface area contributed by atoms with Gasteiger partial charge in [0.1, 0.15) is 0 Å². The second kappa shape index (κ2) is 7.76. The summed E-state index contributed by atoms with van der Waals surface area (Å²) < 4.78 is 4.99. The van der Waals surface area contributed by atoms with Crippen molar-refractivity contribution >= 4 is 34.9 Å². The van der Waals surface area contributed by atoms with Gasteiger partial charge in [0.25, 0.3) is 11.6 Å². The van der Waals surface area contributed by atoms with Gasteiger partial charge in [0.2, 0.25) is 0 Å². The van der Waals surface area contributed by atoms with Crippen molar-refractivity contribution in [2.45, 2.75) is 13.8 Å². The predicted molar refractivity (Wildman–Crippen MR) is 92.9 cm³/mol. The van der Waals surface area contributed by atoms with E-state index in [1.54, 1.807) is 19.1 Å². The Morgan fingerprint density at radius 3 is 2.64 bits per heavy atom. The first-order chi connectivity index (χ1) is 11.8. The number of benzene rings is 2. The van der Waals surface area contributed by atoms with E-state index in [1.807, 2.05) is 13.0 Å². The third-order valence-corrected chi connectivity index (χ3v) is 3.92. The maximum atomic E-state index is 12.1. The fourth-order valence-electron chi connectivity index (χ4n) is 2.09. The van der Waals surface area contributed by atoms with E-state index in [0.29, 0.717) is 5.56 Å². The Labute approximate surface area is 148 Å². The number of ether oxygens (including phenoxy) is 1. The average Bonchev–Trinajstić information content (AvgIpc) is 2.57. The van der Waals surface area contributed by atoms with Crippen LogP contribution in [0.1, 0.15) is 21.5 Å². The van der Waals surface area contributed by atoms with Crippen molar-refractivity contribution in [3.05, 3.63) is 68.2 Å². The van der Waals surface area contributed by atoms with Crippen molar-refractivity contribution in [1.82, 2.24) is 0 Å². The molecule has 0 aliphatic rings. The highest BCUT2D eigenvalue weighted by Crippen LogP contribution is 2.26. The molecule has 2 aromatic carbocycles. The summed E-state index contributed by atoms with van der Waals surface area (Å²) in [6.45, 7) is 3.11. The number of carbonyl (C=O) groups excluding carboxylic acids is 2. The lowest BCUT2D eigenvalue weighted by atomic mass is 10.0. The largest absolute Gasteiger partial charge is 0.452 e. The van der Waals surface area contributed by atoms with Crippen LogP contribution in [-0.4, -0.2) is 23.4 Å². The van der Waals surface area contributed by atoms with Gasteiger partial charge in [-0.1, -0.05) is 23.7 Å². The Morgan fingerprint density at radius 1 is 1.24 bits per heavy atom. The summed E-state index contributed by atoms with van der Waals surface area (Å²) in [7, 11) is 0. The van der Waals surface area contributed by atoms with Crippen molar-refractivity contribution in [3.8, 4) is 0 Å². The molecule has 0 atom stereocenters. The number of amides is 1. The van der Waals surface area contributed by atoms with Crippen molar-refractivity contribution in [1.29, 1.82) is 0 Å². The molecule has 0 unspecified atom stereocenters. The number of nitro benzene ring substituents is 1. The summed E-state index contributed by atoms with van der Waals surface area (Å²) in [5.74, 6) is -1.28. The first kappa shape index (κ1) is 18.4. The van der Waals surface area contributed by atoms with Gasteiger partial charge in [-0.15, -0.1) is 0 Å². The second-order valence-electron chi connectivity index (χ2n) is 5.29. The molecule has 0 radical (unpaired) electrons. The lowest BCUT2D eigenvalue weighted by Gasteiger charge is -2.10. The Balaban J connectivity index is 2.01. The first-order valence-corrected chi connectivity index (χ1v) is 7.64. The lowest BCUT2D eigenvalue weighted by molar-refractivity contribution is -0.384. The van der Waals surface area contributed by atoms with Crippen LogP contribution >= 0.6 is 11.6 Å². The van der Waals surface area contributed by atoms with Gasteiger partial charge in [-0.05, 0) is 37.1 Å². The van der Waals surface area contributed by atoms with E-state index in [0.717, 1.165) is 17.2 Å². The minimum absolute atomic E-state index is 0.0728. The molecule has 1 N–H and O–H groups in total. The maximum absolute atomic E-state index is 12.1. The van der Waals surface area contributed by atoms with E-state index < -0.39 is 23.4 Å². The highest BCUT2D eigenvalue weighted by molar-refractivity contribution is 6.33. The fourth-order valence-corrected chi connectivity index (χ4v) is 2.25. The molecule has 1 amide bonds. The van der Waals surface area contributed by atoms with Crippen molar-refractivity contribution in [2.24, 2.45) is 0 Å². The van der Waals surface area contributed by atoms with Crippen LogP contribution in [-0.2, 0) is 9.53 Å². The maximum Gasteiger partial charge on any atom is 0.338 e. The van der Waals surface area contributed by atoms with E-state index in [2.05, 4.69) is 5.32 Å². The van der Waals surface area contributed by atoms with Crippen LogP contribution in [0.4, 0.5) is 11.4 Å². The molecule has 0 aliphatic carbocycles. The monoisotopic (exact) mass is 362 g/mol. The SMILES string of the molecule is Cc1cccc(C(=O)OCC(=O)Nc2cc([N+](=O)[O-])ccc2Cl)c1C. The number of hydrogen-bond donors (Lipinski definition) is 1. The number of esters is 1. The van der Waals surface area contributed by atoms with Gasteiger partial charge < -0.3 is 10.1 Å². The lowest BCUT2D eigenvalue weighted by Crippen LogP contribution is -2.21. The summed E-state index contributed by atoms with van der Waals surface area (Å²) >= 11 is 5.90. The van der Waals surface area contributed by atoms with Gasteiger partial charge in [-0.3, -0.25) is 14.9 Å². The van der Waals surface area contributed by atoms with E-state index >= 15 is 0 Å². The predicted octanol–water partition coefficient (Wildman–Crippen LogP) is 3.66. The molecule has 0 aromatic heterocycles. The van der Waals surface area contributed by atoms with Crippen LogP contribution in [0, 0.1) is 24.0 Å². The molecule has 0 aliphatic heterocycles. The third-order valence-electron chi connectivity index (χ3n) is 3.59. The van der Waals surface area contributed by atoms with Crippen LogP contribution in [0.15, 0.2) is 36.4 Å². The molecule has 2 rings (SSSR count). The number of carbonyl (C=O) groups is 2. The molecule has 0 heterocycles. The zero-order chi connectivity index (χ0) is 18.6. The zero-order valence-electron chi connectivity index (χ0n) is 13.5. The molecular weight excluding hydrogens is 348 g/mol. The normalized spacial score (nSPS) is 10.2. The van der Waals surface area contributed by atoms with Gasteiger partial charge in [-0.2, -0.15) is 0 Å². The molecular formula is C17H15ClN2O5. The minimum Gasteiger partial charge on any atom is -0.452 e. The van der Waals surface area contributed by atoms with Crippen LogP contribution in [0.2, 0.25) is 5.02 Å². The molecule has 25 heavy (non-hydrogen) atoms. The molecule has 0 saturated heterocycles. The highest BCUT2D eigenvalue weighted by atomic mass is 35.5. The fraction of sp³-hybridized carbons (Fsp3) is 0.176. The summed E-state index contributed by atoms with van der Waals surface area (Å²) in [5, 5.41) is 13.3. The Kier molecular flexibility index (Phi) is 5.71. The van der Waals surface area contributed by atoms with E-state index in [9.17, 15) is 19.7 Å². The number of halogens is 1. The summed E-state index contributed by atoms with van der Waals surface area (Å²) in [6, 6.07) is 8.85. The Morgan fingerprint density at radius 2 is 1.96 bits per heavy atom. The molecule has 0 spiro atoms. The highest BCUT2D eigenvalue weighted by Gasteiger charge is 2.15. The number of hydrogen-bond acceptors (Lipinski definition) is 5. The van der Waals surface area contributed by atoms with Crippen molar-refractivity contribution < 1.29 is 19.2 Å². The number of aryl methyl sites for hydroxylation is 1. The van der Waals surface area contributed by atoms with Gasteiger partial charge in [0.05, 0.1) is 21.2 Å². The van der Waals surface area contributed by atoms with Crippen LogP contribution < -0.4 is 5.32 Å². The molecule has 0 fully saturated rings. The number of nitrogens with one attached hydrogen (secondary N) is 1. The zero-order valence-corrected chi connectivity index (χ0v) is 14.3. The molecule has 8 heteroatoms. The minimum atomic E-state index is -0.652. The first-order valence-electron chi connectivity index (χ1n) is 7.26. The summed E-state index contributed by atoms with van der Waals surface area (Å²) in [6.07, 6.45) is 0. The van der Waals surface area contributed by atoms with Gasteiger partial charge >= 0.3 is 5.97 Å². The van der Waals surface area contributed by atoms with Crippen molar-refractivity contribution in [3.63, 3.8) is 0 Å². The van der Waals surface area contributed by atoms with E-state index in [-0.39, 0.29) is 16.4 Å². The molecule has 130 valence electrons. The number of nitro groups is 1. The van der Waals surface area contributed by atoms with Crippen LogP contribution in [0.25, 0.3) is 0 Å². The number of anilines is 1. The summed E-state index contributed by atoms with van der Waals surface area (Å²) in [4.78, 5) is 34.1. The number of rotatable bonds is 5. The summed E-state index contributed by atoms with van der Waals surface area (Å²) in [5.41, 5.74) is 1.94. The Bertz CT molecular complexity index is 851. The smallest absolute Gasteiger partial charge is 0.338 e. The van der Waals surface area contributed by atoms with Gasteiger partial charge in [0.15, 0.2) is 6.61 Å². The van der Waals surface area contributed by atoms with Crippen molar-refractivity contribution in [2.75, 3.05) is 11.9 Å². The second-order valence-corrected chi connectivity index (χ2v) is 5.70. The third kappa shape index (κ3) is 4.54. The molecule has 7 nitrogen and oxygen atoms in total. The van der Waals surface area contributed by atoms with Crippen LogP contribution in [0.5, 0.6) is 0 Å².